The van der Waals surface area contributed by atoms with E-state index in [2.05, 4.69) is 15.3 Å². The number of alkyl halides is 2. The highest BCUT2D eigenvalue weighted by Gasteiger charge is 2.33. The van der Waals surface area contributed by atoms with Gasteiger partial charge in [-0.3, -0.25) is 4.79 Å². The summed E-state index contributed by atoms with van der Waals surface area (Å²) in [6.45, 7) is 0.699. The van der Waals surface area contributed by atoms with Crippen molar-refractivity contribution in [2.24, 2.45) is 5.92 Å². The maximum absolute atomic E-state index is 13.7. The van der Waals surface area contributed by atoms with Crippen LogP contribution in [0.25, 0.3) is 0 Å². The number of ether oxygens (including phenoxy) is 1. The van der Waals surface area contributed by atoms with Gasteiger partial charge in [0.2, 0.25) is 11.7 Å². The van der Waals surface area contributed by atoms with E-state index in [0.717, 1.165) is 19.0 Å². The normalized spacial score (nSPS) is 15.4. The average Bonchev–Trinajstić information content (AvgIpc) is 3.50. The lowest BCUT2D eigenvalue weighted by Crippen LogP contribution is -2.35. The van der Waals surface area contributed by atoms with Gasteiger partial charge in [0.25, 0.3) is 5.91 Å². The molecule has 1 fully saturated rings. The molecule has 1 atom stereocenters. The topological polar surface area (TPSA) is 64.1 Å². The molecule has 148 valence electrons. The third-order valence-electron chi connectivity index (χ3n) is 4.20. The first-order valence-electron chi connectivity index (χ1n) is 8.87. The van der Waals surface area contributed by atoms with Crippen LogP contribution in [0.4, 0.5) is 8.78 Å². The fourth-order valence-electron chi connectivity index (χ4n) is 2.58. The Hall–Kier alpha value is -2.48. The van der Waals surface area contributed by atoms with Crippen LogP contribution < -0.4 is 10.1 Å². The van der Waals surface area contributed by atoms with Crippen molar-refractivity contribution >= 4 is 17.7 Å². The molecule has 2 aromatic rings. The number of thioether (sulfide) groups is 1. The average molecular weight is 405 g/mol. The SMILES string of the molecule is CS/C=C/C(NC(=O)c1cnc(C(C)(F)F)nc1Oc1ccccc1)C1CC1. The highest BCUT2D eigenvalue weighted by atomic mass is 32.2. The number of aromatic nitrogens is 2. The summed E-state index contributed by atoms with van der Waals surface area (Å²) in [6.07, 6.45) is 7.04. The molecule has 0 bridgehead atoms. The van der Waals surface area contributed by atoms with Gasteiger partial charge in [0.05, 0.1) is 6.04 Å². The molecule has 1 aromatic carbocycles. The molecule has 1 aliphatic carbocycles. The largest absolute Gasteiger partial charge is 0.438 e. The molecule has 0 spiro atoms. The predicted molar refractivity (Wildman–Crippen MR) is 105 cm³/mol. The Balaban J connectivity index is 1.89. The van der Waals surface area contributed by atoms with Gasteiger partial charge in [-0.1, -0.05) is 24.3 Å². The van der Waals surface area contributed by atoms with Gasteiger partial charge in [0.15, 0.2) is 0 Å². The third kappa shape index (κ3) is 5.28. The van der Waals surface area contributed by atoms with E-state index in [9.17, 15) is 13.6 Å². The van der Waals surface area contributed by atoms with Gasteiger partial charge >= 0.3 is 5.92 Å². The van der Waals surface area contributed by atoms with Gasteiger partial charge in [0, 0.05) is 13.1 Å². The number of halogens is 2. The summed E-state index contributed by atoms with van der Waals surface area (Å²) >= 11 is 1.54. The summed E-state index contributed by atoms with van der Waals surface area (Å²) in [6, 6.07) is 8.45. The van der Waals surface area contributed by atoms with Crippen molar-refractivity contribution in [1.82, 2.24) is 15.3 Å². The van der Waals surface area contributed by atoms with E-state index in [0.29, 0.717) is 18.6 Å². The minimum Gasteiger partial charge on any atom is -0.438 e. The number of carbonyl (C=O) groups is 1. The Morgan fingerprint density at radius 2 is 2.07 bits per heavy atom. The van der Waals surface area contributed by atoms with Crippen LogP contribution in [-0.2, 0) is 5.92 Å². The summed E-state index contributed by atoms with van der Waals surface area (Å²) in [5.74, 6) is -3.83. The minimum absolute atomic E-state index is 0.0139. The Morgan fingerprint density at radius 1 is 1.36 bits per heavy atom. The monoisotopic (exact) mass is 405 g/mol. The van der Waals surface area contributed by atoms with Crippen LogP contribution in [0.15, 0.2) is 48.0 Å². The first-order chi connectivity index (χ1) is 13.4. The molecule has 1 unspecified atom stereocenters. The lowest BCUT2D eigenvalue weighted by Gasteiger charge is -2.17. The molecular formula is C20H21F2N3O2S. The quantitative estimate of drug-likeness (QED) is 0.686. The van der Waals surface area contributed by atoms with Gasteiger partial charge < -0.3 is 10.1 Å². The van der Waals surface area contributed by atoms with Crippen LogP contribution in [0.1, 0.15) is 35.9 Å². The number of para-hydroxylation sites is 1. The van der Waals surface area contributed by atoms with Crippen LogP contribution in [0.5, 0.6) is 11.6 Å². The summed E-state index contributed by atoms with van der Waals surface area (Å²) in [5, 5.41) is 4.85. The second kappa shape index (κ2) is 8.68. The molecule has 5 nitrogen and oxygen atoms in total. The number of carbonyl (C=O) groups excluding carboxylic acids is 1. The summed E-state index contributed by atoms with van der Waals surface area (Å²) in [7, 11) is 0. The van der Waals surface area contributed by atoms with Gasteiger partial charge in [-0.25, -0.2) is 4.98 Å². The van der Waals surface area contributed by atoms with Crippen molar-refractivity contribution in [1.29, 1.82) is 0 Å². The van der Waals surface area contributed by atoms with Crippen molar-refractivity contribution in [2.75, 3.05) is 6.26 Å². The fraction of sp³-hybridized carbons (Fsp3) is 0.350. The van der Waals surface area contributed by atoms with Crippen LogP contribution >= 0.6 is 11.8 Å². The van der Waals surface area contributed by atoms with E-state index in [1.165, 1.54) is 0 Å². The molecule has 1 aliphatic rings. The maximum Gasteiger partial charge on any atom is 0.303 e. The lowest BCUT2D eigenvalue weighted by molar-refractivity contribution is 0.00707. The summed E-state index contributed by atoms with van der Waals surface area (Å²) in [4.78, 5) is 20.3. The first kappa shape index (κ1) is 20.3. The van der Waals surface area contributed by atoms with E-state index in [1.807, 2.05) is 17.7 Å². The predicted octanol–water partition coefficient (Wildman–Crippen LogP) is 4.77. The van der Waals surface area contributed by atoms with E-state index in [1.54, 1.807) is 42.1 Å². The van der Waals surface area contributed by atoms with Crippen LogP contribution in [0.2, 0.25) is 0 Å². The minimum atomic E-state index is -3.25. The van der Waals surface area contributed by atoms with Crippen LogP contribution in [-0.4, -0.2) is 28.2 Å². The van der Waals surface area contributed by atoms with Crippen molar-refractivity contribution in [3.05, 3.63) is 59.4 Å². The molecule has 1 saturated carbocycles. The van der Waals surface area contributed by atoms with Crippen molar-refractivity contribution in [3.63, 3.8) is 0 Å². The zero-order valence-corrected chi connectivity index (χ0v) is 16.4. The van der Waals surface area contributed by atoms with Gasteiger partial charge in [-0.2, -0.15) is 13.8 Å². The number of benzene rings is 1. The zero-order chi connectivity index (χ0) is 20.1. The van der Waals surface area contributed by atoms with Gasteiger partial charge in [0.1, 0.15) is 11.3 Å². The molecule has 1 N–H and O–H groups in total. The number of rotatable bonds is 8. The summed E-state index contributed by atoms with van der Waals surface area (Å²) in [5.41, 5.74) is 0.0139. The number of hydrogen-bond donors (Lipinski definition) is 1. The highest BCUT2D eigenvalue weighted by Crippen LogP contribution is 2.34. The second-order valence-electron chi connectivity index (χ2n) is 6.62. The van der Waals surface area contributed by atoms with E-state index >= 15 is 0 Å². The Bertz CT molecular complexity index is 852. The van der Waals surface area contributed by atoms with Crippen LogP contribution in [0, 0.1) is 5.92 Å². The molecule has 0 radical (unpaired) electrons. The molecule has 28 heavy (non-hydrogen) atoms. The Kier molecular flexibility index (Phi) is 6.28. The van der Waals surface area contributed by atoms with Gasteiger partial charge in [-0.05, 0) is 42.6 Å². The standard InChI is InChI=1S/C20H21F2N3O2S/c1-20(21,22)19-23-12-15(18(25-19)27-14-6-4-3-5-7-14)17(26)24-16(10-11-28-2)13-8-9-13/h3-7,10-13,16H,8-9H2,1-2H3,(H,24,26)/b11-10+. The Labute approximate surface area is 166 Å². The highest BCUT2D eigenvalue weighted by molar-refractivity contribution is 8.01. The number of nitrogens with zero attached hydrogens (tertiary/aromatic N) is 2. The molecule has 3 rings (SSSR count). The van der Waals surface area contributed by atoms with E-state index in [-0.39, 0.29) is 17.5 Å². The number of nitrogens with one attached hydrogen (secondary N) is 1. The van der Waals surface area contributed by atoms with E-state index < -0.39 is 17.7 Å². The second-order valence-corrected chi connectivity index (χ2v) is 7.36. The summed E-state index contributed by atoms with van der Waals surface area (Å²) < 4.78 is 33.0. The molecule has 8 heteroatoms. The molecule has 1 heterocycles. The molecule has 1 amide bonds. The third-order valence-corrected chi connectivity index (χ3v) is 4.63. The van der Waals surface area contributed by atoms with Crippen molar-refractivity contribution in [3.8, 4) is 11.6 Å². The van der Waals surface area contributed by atoms with Gasteiger partial charge in [-0.15, -0.1) is 11.8 Å². The van der Waals surface area contributed by atoms with E-state index in [4.69, 9.17) is 4.74 Å². The Morgan fingerprint density at radius 3 is 2.68 bits per heavy atom. The lowest BCUT2D eigenvalue weighted by atomic mass is 10.1. The smallest absolute Gasteiger partial charge is 0.303 e. The molecular weight excluding hydrogens is 384 g/mol. The molecule has 1 aromatic heterocycles. The molecule has 0 aliphatic heterocycles. The van der Waals surface area contributed by atoms with Crippen molar-refractivity contribution < 1.29 is 18.3 Å². The molecule has 0 saturated heterocycles. The zero-order valence-electron chi connectivity index (χ0n) is 15.6. The first-order valence-corrected chi connectivity index (χ1v) is 10.2. The maximum atomic E-state index is 13.7. The number of amides is 1. The van der Waals surface area contributed by atoms with Crippen LogP contribution in [0.3, 0.4) is 0 Å². The number of hydrogen-bond acceptors (Lipinski definition) is 5. The fourth-order valence-corrected chi connectivity index (χ4v) is 2.91. The van der Waals surface area contributed by atoms with Crippen molar-refractivity contribution in [2.45, 2.75) is 31.7 Å².